The van der Waals surface area contributed by atoms with Crippen molar-refractivity contribution in [2.75, 3.05) is 24.7 Å². The maximum Gasteiger partial charge on any atom is 0.274 e. The first kappa shape index (κ1) is 22.3. The fourth-order valence-electron chi connectivity index (χ4n) is 3.27. The summed E-state index contributed by atoms with van der Waals surface area (Å²) in [5.74, 6) is -3.45. The third-order valence-electron chi connectivity index (χ3n) is 5.36. The van der Waals surface area contributed by atoms with E-state index >= 15 is 4.39 Å². The lowest BCUT2D eigenvalue weighted by atomic mass is 9.91. The van der Waals surface area contributed by atoms with Gasteiger partial charge in [0.05, 0.1) is 29.6 Å². The van der Waals surface area contributed by atoms with Gasteiger partial charge in [-0.15, -0.1) is 0 Å². The summed E-state index contributed by atoms with van der Waals surface area (Å²) in [6, 6.07) is 3.58. The van der Waals surface area contributed by atoms with Crippen LogP contribution >= 0.6 is 11.9 Å². The third-order valence-corrected chi connectivity index (χ3v) is 6.64. The number of carbonyl (C=O) groups excluding carboxylic acids is 1. The summed E-state index contributed by atoms with van der Waals surface area (Å²) in [5, 5.41) is 12.9. The van der Waals surface area contributed by atoms with Gasteiger partial charge in [0.15, 0.2) is 17.5 Å². The summed E-state index contributed by atoms with van der Waals surface area (Å²) in [6.07, 6.45) is 3.66. The number of guanidine groups is 1. The van der Waals surface area contributed by atoms with Gasteiger partial charge < -0.3 is 15.4 Å². The smallest absolute Gasteiger partial charge is 0.274 e. The molecule has 0 radical (unpaired) electrons. The molecular weight excluding hydrogens is 443 g/mol. The van der Waals surface area contributed by atoms with E-state index in [9.17, 15) is 13.6 Å². The third kappa shape index (κ3) is 4.47. The van der Waals surface area contributed by atoms with Crippen molar-refractivity contribution >= 4 is 29.5 Å². The van der Waals surface area contributed by atoms with Crippen molar-refractivity contribution in [3.05, 3.63) is 53.1 Å². The Morgan fingerprint density at radius 3 is 2.75 bits per heavy atom. The van der Waals surface area contributed by atoms with Crippen LogP contribution in [0.1, 0.15) is 35.8 Å². The number of nitrogens with one attached hydrogen (secondary N) is 3. The predicted octanol–water partition coefficient (Wildman–Crippen LogP) is 3.87. The van der Waals surface area contributed by atoms with Crippen molar-refractivity contribution in [2.24, 2.45) is 5.92 Å². The molecule has 170 valence electrons. The molecule has 1 saturated carbocycles. The Labute approximate surface area is 187 Å². The molecule has 1 aliphatic carbocycles. The molecule has 32 heavy (non-hydrogen) atoms. The highest BCUT2D eigenvalue weighted by Crippen LogP contribution is 2.37. The van der Waals surface area contributed by atoms with Crippen molar-refractivity contribution in [1.82, 2.24) is 14.6 Å². The zero-order valence-corrected chi connectivity index (χ0v) is 18.3. The van der Waals surface area contributed by atoms with Crippen LogP contribution in [-0.4, -0.2) is 40.6 Å². The Balaban J connectivity index is 1.56. The monoisotopic (exact) mass is 465 g/mol. The molecule has 0 spiro atoms. The zero-order valence-electron chi connectivity index (χ0n) is 17.5. The van der Waals surface area contributed by atoms with Crippen molar-refractivity contribution in [3.8, 4) is 5.75 Å². The second-order valence-corrected chi connectivity index (χ2v) is 9.17. The molecule has 3 N–H and O–H groups in total. The standard InChI is InChI=1S/C21H22F3N5O2S/c1-21(10-32-29(2)20(25)28-21)16-17(23)13(22)7-15(18(16)24)27-19(30)14-6-5-12(8-26-14)31-9-11-3-4-11/h5-8,11H,3-4,9-10H2,1-2H3,(H2,25,28)(H,27,30)/t21-/m0/s1. The topological polar surface area (TPSA) is 90.3 Å². The Bertz CT molecular complexity index is 1060. The number of pyridine rings is 1. The van der Waals surface area contributed by atoms with Crippen LogP contribution in [0.2, 0.25) is 0 Å². The molecule has 0 bridgehead atoms. The molecule has 2 heterocycles. The van der Waals surface area contributed by atoms with Crippen molar-refractivity contribution < 1.29 is 22.7 Å². The van der Waals surface area contributed by atoms with Crippen LogP contribution in [0.4, 0.5) is 18.9 Å². The van der Waals surface area contributed by atoms with E-state index < -0.39 is 40.1 Å². The lowest BCUT2D eigenvalue weighted by molar-refractivity contribution is 0.102. The number of hydrogen-bond acceptors (Lipinski definition) is 5. The molecule has 4 rings (SSSR count). The number of carbonyl (C=O) groups is 1. The van der Waals surface area contributed by atoms with E-state index in [1.54, 1.807) is 13.1 Å². The highest BCUT2D eigenvalue weighted by Gasteiger charge is 2.40. The van der Waals surface area contributed by atoms with E-state index in [-0.39, 0.29) is 17.4 Å². The van der Waals surface area contributed by atoms with E-state index in [0.717, 1.165) is 24.8 Å². The van der Waals surface area contributed by atoms with Crippen molar-refractivity contribution in [3.63, 3.8) is 0 Å². The minimum Gasteiger partial charge on any atom is -0.492 e. The highest BCUT2D eigenvalue weighted by molar-refractivity contribution is 7.97. The predicted molar refractivity (Wildman–Crippen MR) is 115 cm³/mol. The molecule has 1 aliphatic heterocycles. The van der Waals surface area contributed by atoms with Gasteiger partial charge in [-0.1, -0.05) is 0 Å². The lowest BCUT2D eigenvalue weighted by Crippen LogP contribution is -2.54. The first-order valence-corrected chi connectivity index (χ1v) is 10.9. The van der Waals surface area contributed by atoms with Gasteiger partial charge in [0.1, 0.15) is 11.4 Å². The van der Waals surface area contributed by atoms with Gasteiger partial charge in [0.2, 0.25) is 5.96 Å². The summed E-state index contributed by atoms with van der Waals surface area (Å²) in [6.45, 7) is 2.06. The lowest BCUT2D eigenvalue weighted by Gasteiger charge is -2.40. The van der Waals surface area contributed by atoms with Crippen LogP contribution in [0, 0.1) is 28.8 Å². The van der Waals surface area contributed by atoms with Gasteiger partial charge in [-0.05, 0) is 49.8 Å². The minimum atomic E-state index is -1.40. The molecule has 0 unspecified atom stereocenters. The number of halogens is 3. The van der Waals surface area contributed by atoms with Gasteiger partial charge >= 0.3 is 0 Å². The van der Waals surface area contributed by atoms with Crippen LogP contribution in [-0.2, 0) is 5.54 Å². The van der Waals surface area contributed by atoms with E-state index in [1.165, 1.54) is 23.5 Å². The molecule has 1 amide bonds. The molecular formula is C21H22F3N5O2S. The largest absolute Gasteiger partial charge is 0.492 e. The molecule has 1 aromatic carbocycles. The molecule has 1 atom stereocenters. The summed E-state index contributed by atoms with van der Waals surface area (Å²) in [5.41, 5.74) is -2.54. The second kappa shape index (κ2) is 8.53. The number of ether oxygens (including phenoxy) is 1. The molecule has 2 fully saturated rings. The first-order chi connectivity index (χ1) is 15.2. The van der Waals surface area contributed by atoms with Gasteiger partial charge in [0.25, 0.3) is 5.91 Å². The normalized spacial score (nSPS) is 20.7. The molecule has 1 saturated heterocycles. The average Bonchev–Trinajstić information content (AvgIpc) is 3.58. The van der Waals surface area contributed by atoms with Gasteiger partial charge in [0, 0.05) is 18.9 Å². The zero-order chi connectivity index (χ0) is 23.0. The summed E-state index contributed by atoms with van der Waals surface area (Å²) >= 11 is 1.16. The number of nitrogens with zero attached hydrogens (tertiary/aromatic N) is 2. The Morgan fingerprint density at radius 2 is 2.12 bits per heavy atom. The molecule has 2 aliphatic rings. The van der Waals surface area contributed by atoms with Crippen LogP contribution < -0.4 is 15.4 Å². The van der Waals surface area contributed by atoms with E-state index in [0.29, 0.717) is 24.3 Å². The molecule has 2 aromatic rings. The molecule has 1 aromatic heterocycles. The number of benzene rings is 1. The van der Waals surface area contributed by atoms with Crippen LogP contribution in [0.15, 0.2) is 24.4 Å². The van der Waals surface area contributed by atoms with Crippen molar-refractivity contribution in [2.45, 2.75) is 25.3 Å². The SMILES string of the molecule is CN1SC[C@@](C)(c2c(F)c(F)cc(NC(=O)c3ccc(OCC4CC4)cn3)c2F)NC1=N. The maximum absolute atomic E-state index is 15.3. The second-order valence-electron chi connectivity index (χ2n) is 8.07. The summed E-state index contributed by atoms with van der Waals surface area (Å²) in [4.78, 5) is 16.6. The number of rotatable bonds is 6. The molecule has 7 nitrogen and oxygen atoms in total. The molecule has 11 heteroatoms. The minimum absolute atomic E-state index is 0.0320. The fraction of sp³-hybridized carbons (Fsp3) is 0.381. The van der Waals surface area contributed by atoms with Gasteiger partial charge in [-0.2, -0.15) is 0 Å². The van der Waals surface area contributed by atoms with E-state index in [1.807, 2.05) is 0 Å². The highest BCUT2D eigenvalue weighted by atomic mass is 32.2. The summed E-state index contributed by atoms with van der Waals surface area (Å²) < 4.78 is 51.4. The van der Waals surface area contributed by atoms with Crippen LogP contribution in [0.25, 0.3) is 0 Å². The van der Waals surface area contributed by atoms with E-state index in [2.05, 4.69) is 15.6 Å². The first-order valence-electron chi connectivity index (χ1n) is 9.99. The summed E-state index contributed by atoms with van der Waals surface area (Å²) in [7, 11) is 1.62. The van der Waals surface area contributed by atoms with Crippen LogP contribution in [0.3, 0.4) is 0 Å². The number of amides is 1. The Hall–Kier alpha value is -2.95. The van der Waals surface area contributed by atoms with E-state index in [4.69, 9.17) is 10.1 Å². The van der Waals surface area contributed by atoms with Gasteiger partial charge in [-0.25, -0.2) is 18.2 Å². The average molecular weight is 466 g/mol. The Morgan fingerprint density at radius 1 is 1.38 bits per heavy atom. The number of hydrogen-bond donors (Lipinski definition) is 3. The number of anilines is 1. The quantitative estimate of drug-likeness (QED) is 0.443. The van der Waals surface area contributed by atoms with Crippen LogP contribution in [0.5, 0.6) is 5.75 Å². The van der Waals surface area contributed by atoms with Crippen molar-refractivity contribution in [1.29, 1.82) is 5.41 Å². The Kier molecular flexibility index (Phi) is 5.93. The maximum atomic E-state index is 15.3. The number of aromatic nitrogens is 1. The van der Waals surface area contributed by atoms with Gasteiger partial charge in [-0.3, -0.25) is 14.5 Å². The fourth-order valence-corrected chi connectivity index (χ4v) is 4.11.